The number of rotatable bonds is 3. The maximum atomic E-state index is 5.37. The first-order valence-corrected chi connectivity index (χ1v) is 4.00. The molecule has 0 aliphatic rings. The summed E-state index contributed by atoms with van der Waals surface area (Å²) in [7, 11) is 0. The van der Waals surface area contributed by atoms with Gasteiger partial charge in [-0.05, 0) is 0 Å². The number of nitrogens with two attached hydrogens (primary N) is 1. The highest BCUT2D eigenvalue weighted by molar-refractivity contribution is 5.85. The summed E-state index contributed by atoms with van der Waals surface area (Å²) in [4.78, 5) is 8.09. The number of aromatic amines is 1. The lowest BCUT2D eigenvalue weighted by molar-refractivity contribution is 1.01. The second kappa shape index (κ2) is 3.36. The normalized spacial score (nSPS) is 10.5. The number of nitrogens with zero attached hydrogens (tertiary/aromatic N) is 3. The molecule has 68 valence electrons. The van der Waals surface area contributed by atoms with Crippen molar-refractivity contribution in [2.24, 2.45) is 5.73 Å². The van der Waals surface area contributed by atoms with Crippen LogP contribution >= 0.6 is 0 Å². The van der Waals surface area contributed by atoms with Gasteiger partial charge in [-0.15, -0.1) is 0 Å². The second-order valence-electron chi connectivity index (χ2n) is 2.57. The van der Waals surface area contributed by atoms with E-state index in [1.165, 1.54) is 6.33 Å². The summed E-state index contributed by atoms with van der Waals surface area (Å²) >= 11 is 0. The van der Waals surface area contributed by atoms with Crippen molar-refractivity contribution in [2.75, 3.05) is 18.4 Å². The van der Waals surface area contributed by atoms with Gasteiger partial charge in [-0.25, -0.2) is 9.97 Å². The number of aromatic nitrogens is 4. The number of nitrogens with one attached hydrogen (secondary N) is 2. The molecule has 6 nitrogen and oxygen atoms in total. The van der Waals surface area contributed by atoms with Crippen LogP contribution in [0.2, 0.25) is 0 Å². The molecule has 0 bridgehead atoms. The van der Waals surface area contributed by atoms with E-state index in [1.54, 1.807) is 6.20 Å². The molecule has 0 spiro atoms. The van der Waals surface area contributed by atoms with E-state index in [9.17, 15) is 0 Å². The quantitative estimate of drug-likeness (QED) is 0.601. The van der Waals surface area contributed by atoms with Crippen LogP contribution in [0.5, 0.6) is 0 Å². The third-order valence-corrected chi connectivity index (χ3v) is 1.68. The highest BCUT2D eigenvalue weighted by atomic mass is 15.2. The standard InChI is InChI=1S/C7H10N6/c8-1-2-9-6-5-3-12-13-7(5)11-4-10-6/h3-4H,1-2,8H2,(H2,9,10,11,12,13). The molecule has 13 heavy (non-hydrogen) atoms. The van der Waals surface area contributed by atoms with Crippen LogP contribution in [0.1, 0.15) is 0 Å². The first-order chi connectivity index (χ1) is 6.42. The van der Waals surface area contributed by atoms with E-state index >= 15 is 0 Å². The molecule has 0 unspecified atom stereocenters. The van der Waals surface area contributed by atoms with Crippen LogP contribution in [0.15, 0.2) is 12.5 Å². The molecule has 4 N–H and O–H groups in total. The summed E-state index contributed by atoms with van der Waals surface area (Å²) in [5.74, 6) is 0.768. The summed E-state index contributed by atoms with van der Waals surface area (Å²) < 4.78 is 0. The molecule has 0 aliphatic carbocycles. The molecule has 2 aromatic rings. The maximum absolute atomic E-state index is 5.37. The predicted octanol–water partition coefficient (Wildman–Crippen LogP) is -0.277. The lowest BCUT2D eigenvalue weighted by Gasteiger charge is -2.02. The van der Waals surface area contributed by atoms with Crippen LogP contribution in [0.4, 0.5) is 5.82 Å². The average molecular weight is 178 g/mol. The van der Waals surface area contributed by atoms with Gasteiger partial charge in [0.25, 0.3) is 0 Å². The van der Waals surface area contributed by atoms with E-state index in [1.807, 2.05) is 0 Å². The van der Waals surface area contributed by atoms with Crippen molar-refractivity contribution in [1.82, 2.24) is 20.2 Å². The van der Waals surface area contributed by atoms with Gasteiger partial charge >= 0.3 is 0 Å². The van der Waals surface area contributed by atoms with E-state index in [2.05, 4.69) is 25.5 Å². The van der Waals surface area contributed by atoms with Gasteiger partial charge < -0.3 is 11.1 Å². The minimum Gasteiger partial charge on any atom is -0.368 e. The topological polar surface area (TPSA) is 92.5 Å². The van der Waals surface area contributed by atoms with Gasteiger partial charge in [0.15, 0.2) is 5.65 Å². The summed E-state index contributed by atoms with van der Waals surface area (Å²) in [6, 6.07) is 0. The first-order valence-electron chi connectivity index (χ1n) is 4.00. The smallest absolute Gasteiger partial charge is 0.160 e. The van der Waals surface area contributed by atoms with E-state index < -0.39 is 0 Å². The molecule has 0 saturated heterocycles. The van der Waals surface area contributed by atoms with Crippen molar-refractivity contribution >= 4 is 16.9 Å². The van der Waals surface area contributed by atoms with Gasteiger partial charge in [0.1, 0.15) is 12.1 Å². The fourth-order valence-corrected chi connectivity index (χ4v) is 1.10. The highest BCUT2D eigenvalue weighted by Gasteiger charge is 2.02. The Bertz CT molecular complexity index is 395. The summed E-state index contributed by atoms with van der Waals surface area (Å²) in [6.07, 6.45) is 3.17. The third kappa shape index (κ3) is 1.43. The third-order valence-electron chi connectivity index (χ3n) is 1.68. The molecule has 0 atom stereocenters. The Kier molecular flexibility index (Phi) is 2.05. The Hall–Kier alpha value is -1.69. The Morgan fingerprint density at radius 2 is 2.38 bits per heavy atom. The molecular formula is C7H10N6. The van der Waals surface area contributed by atoms with E-state index in [0.29, 0.717) is 13.1 Å². The molecule has 0 aliphatic heterocycles. The molecule has 0 fully saturated rings. The van der Waals surface area contributed by atoms with Gasteiger partial charge in [-0.2, -0.15) is 5.10 Å². The zero-order chi connectivity index (χ0) is 9.10. The maximum Gasteiger partial charge on any atom is 0.160 e. The molecule has 0 saturated carbocycles. The van der Waals surface area contributed by atoms with Gasteiger partial charge in [-0.1, -0.05) is 0 Å². The summed E-state index contributed by atoms with van der Waals surface area (Å²) in [6.45, 7) is 1.26. The van der Waals surface area contributed by atoms with Crippen LogP contribution < -0.4 is 11.1 Å². The van der Waals surface area contributed by atoms with Crippen LogP contribution in [-0.2, 0) is 0 Å². The second-order valence-corrected chi connectivity index (χ2v) is 2.57. The lowest BCUT2D eigenvalue weighted by atomic mass is 10.4. The SMILES string of the molecule is NCCNc1ncnc2[nH]ncc12. The van der Waals surface area contributed by atoms with Crippen LogP contribution in [0.25, 0.3) is 11.0 Å². The largest absolute Gasteiger partial charge is 0.368 e. The van der Waals surface area contributed by atoms with Gasteiger partial charge in [0, 0.05) is 13.1 Å². The molecule has 2 rings (SSSR count). The molecule has 0 radical (unpaired) electrons. The zero-order valence-corrected chi connectivity index (χ0v) is 6.99. The number of hydrogen-bond donors (Lipinski definition) is 3. The summed E-state index contributed by atoms with van der Waals surface area (Å²) in [5, 5.41) is 10.6. The van der Waals surface area contributed by atoms with Crippen molar-refractivity contribution < 1.29 is 0 Å². The fraction of sp³-hybridized carbons (Fsp3) is 0.286. The lowest BCUT2D eigenvalue weighted by Crippen LogP contribution is -2.14. The average Bonchev–Trinajstić information content (AvgIpc) is 2.62. The van der Waals surface area contributed by atoms with Gasteiger partial charge in [0.05, 0.1) is 11.6 Å². The molecular weight excluding hydrogens is 168 g/mol. The molecule has 6 heteroatoms. The minimum absolute atomic E-state index is 0.573. The Labute approximate surface area is 74.6 Å². The van der Waals surface area contributed by atoms with Gasteiger partial charge in [0.2, 0.25) is 0 Å². The van der Waals surface area contributed by atoms with Crippen molar-refractivity contribution in [3.05, 3.63) is 12.5 Å². The minimum atomic E-state index is 0.573. The predicted molar refractivity (Wildman–Crippen MR) is 49.2 cm³/mol. The molecule has 2 aromatic heterocycles. The number of hydrogen-bond acceptors (Lipinski definition) is 5. The van der Waals surface area contributed by atoms with Crippen molar-refractivity contribution in [1.29, 1.82) is 0 Å². The Morgan fingerprint density at radius 1 is 1.46 bits per heavy atom. The van der Waals surface area contributed by atoms with Crippen LogP contribution in [-0.4, -0.2) is 33.3 Å². The summed E-state index contributed by atoms with van der Waals surface area (Å²) in [5.41, 5.74) is 6.10. The highest BCUT2D eigenvalue weighted by Crippen LogP contribution is 2.14. The van der Waals surface area contributed by atoms with Crippen molar-refractivity contribution in [3.63, 3.8) is 0 Å². The Balaban J connectivity index is 2.37. The van der Waals surface area contributed by atoms with E-state index in [4.69, 9.17) is 5.73 Å². The number of H-pyrrole nitrogens is 1. The first kappa shape index (κ1) is 7.93. The van der Waals surface area contributed by atoms with Crippen molar-refractivity contribution in [2.45, 2.75) is 0 Å². The van der Waals surface area contributed by atoms with Gasteiger partial charge in [-0.3, -0.25) is 5.10 Å². The number of fused-ring (bicyclic) bond motifs is 1. The Morgan fingerprint density at radius 3 is 3.23 bits per heavy atom. The monoisotopic (exact) mass is 178 g/mol. The number of anilines is 1. The molecule has 0 amide bonds. The fourth-order valence-electron chi connectivity index (χ4n) is 1.10. The van der Waals surface area contributed by atoms with E-state index in [-0.39, 0.29) is 0 Å². The van der Waals surface area contributed by atoms with Crippen molar-refractivity contribution in [3.8, 4) is 0 Å². The van der Waals surface area contributed by atoms with Crippen LogP contribution in [0, 0.1) is 0 Å². The van der Waals surface area contributed by atoms with Crippen LogP contribution in [0.3, 0.4) is 0 Å². The van der Waals surface area contributed by atoms with E-state index in [0.717, 1.165) is 16.9 Å². The molecule has 0 aromatic carbocycles. The molecule has 2 heterocycles. The zero-order valence-electron chi connectivity index (χ0n) is 6.99.